The second-order valence-electron chi connectivity index (χ2n) is 5.54. The van der Waals surface area contributed by atoms with E-state index in [1.807, 2.05) is 6.07 Å². The van der Waals surface area contributed by atoms with E-state index >= 15 is 0 Å². The Labute approximate surface area is 149 Å². The largest absolute Gasteiger partial charge is 0.497 e. The number of Topliss-reactive ketones (excluding diaryl/α,β-unsaturated/α-hetero) is 1. The van der Waals surface area contributed by atoms with Crippen LogP contribution in [0, 0.1) is 17.1 Å². The van der Waals surface area contributed by atoms with Crippen LogP contribution in [0.2, 0.25) is 0 Å². The van der Waals surface area contributed by atoms with Gasteiger partial charge in [-0.2, -0.15) is 5.26 Å². The van der Waals surface area contributed by atoms with E-state index in [-0.39, 0.29) is 5.57 Å². The summed E-state index contributed by atoms with van der Waals surface area (Å²) >= 11 is 0. The Balaban J connectivity index is 2.04. The average molecular weight is 350 g/mol. The first-order valence-electron chi connectivity index (χ1n) is 7.72. The number of nitriles is 1. The van der Waals surface area contributed by atoms with Gasteiger partial charge >= 0.3 is 0 Å². The lowest BCUT2D eigenvalue weighted by molar-refractivity contribution is 0.104. The van der Waals surface area contributed by atoms with E-state index in [1.165, 1.54) is 44.7 Å². The summed E-state index contributed by atoms with van der Waals surface area (Å²) < 4.78 is 23.7. The third-order valence-corrected chi connectivity index (χ3v) is 3.94. The molecule has 0 spiro atoms. The molecule has 0 aliphatic carbocycles. The number of aromatic amines is 1. The van der Waals surface area contributed by atoms with Crippen molar-refractivity contribution < 1.29 is 18.7 Å². The third kappa shape index (κ3) is 3.28. The minimum atomic E-state index is -0.452. The highest BCUT2D eigenvalue weighted by Crippen LogP contribution is 2.26. The highest BCUT2D eigenvalue weighted by molar-refractivity contribution is 6.19. The number of aromatic nitrogens is 1. The molecule has 0 aliphatic heterocycles. The van der Waals surface area contributed by atoms with Gasteiger partial charge in [0.25, 0.3) is 0 Å². The van der Waals surface area contributed by atoms with Crippen molar-refractivity contribution in [2.45, 2.75) is 0 Å². The zero-order valence-electron chi connectivity index (χ0n) is 14.2. The molecule has 0 unspecified atom stereocenters. The molecule has 0 bridgehead atoms. The number of hydrogen-bond acceptors (Lipinski definition) is 4. The van der Waals surface area contributed by atoms with Gasteiger partial charge in [-0.15, -0.1) is 0 Å². The summed E-state index contributed by atoms with van der Waals surface area (Å²) in [6.45, 7) is 0. The Bertz CT molecular complexity index is 1040. The number of hydrogen-bond donors (Lipinski definition) is 1. The second kappa shape index (κ2) is 7.11. The monoisotopic (exact) mass is 350 g/mol. The molecule has 1 N–H and O–H groups in total. The molecule has 0 fully saturated rings. The zero-order valence-corrected chi connectivity index (χ0v) is 14.2. The minimum Gasteiger partial charge on any atom is -0.497 e. The van der Waals surface area contributed by atoms with E-state index in [1.54, 1.807) is 18.2 Å². The molecule has 5 nitrogen and oxygen atoms in total. The van der Waals surface area contributed by atoms with Crippen molar-refractivity contribution in [2.75, 3.05) is 14.2 Å². The Morgan fingerprint density at radius 3 is 2.46 bits per heavy atom. The zero-order chi connectivity index (χ0) is 18.7. The van der Waals surface area contributed by atoms with E-state index in [4.69, 9.17) is 9.47 Å². The number of nitrogens with one attached hydrogen (secondary N) is 1. The summed E-state index contributed by atoms with van der Waals surface area (Å²) in [5, 5.41) is 10.0. The van der Waals surface area contributed by atoms with E-state index in [9.17, 15) is 14.4 Å². The normalized spacial score (nSPS) is 11.2. The molecule has 1 aromatic heterocycles. The van der Waals surface area contributed by atoms with Crippen LogP contribution >= 0.6 is 0 Å². The highest BCUT2D eigenvalue weighted by atomic mass is 19.1. The summed E-state index contributed by atoms with van der Waals surface area (Å²) in [4.78, 5) is 15.6. The molecule has 0 atom stereocenters. The SMILES string of the molecule is COc1cc(C=C(C#N)C(=O)c2c[nH]c3cc(F)ccc23)cc(OC)c1. The molecule has 3 rings (SSSR count). The number of fused-ring (bicyclic) bond motifs is 1. The molecule has 0 aliphatic rings. The van der Waals surface area contributed by atoms with Crippen LogP contribution in [0.4, 0.5) is 4.39 Å². The van der Waals surface area contributed by atoms with Gasteiger partial charge in [0.05, 0.1) is 14.2 Å². The first-order chi connectivity index (χ1) is 12.5. The standard InChI is InChI=1S/C20H15FN2O3/c1-25-15-6-12(7-16(9-15)26-2)5-13(10-22)20(24)18-11-23-19-8-14(21)3-4-17(18)19/h3-9,11,23H,1-2H3. The number of rotatable bonds is 5. The lowest BCUT2D eigenvalue weighted by atomic mass is 10.0. The molecule has 130 valence electrons. The lowest BCUT2D eigenvalue weighted by Gasteiger charge is -2.06. The summed E-state index contributed by atoms with van der Waals surface area (Å²) in [5.41, 5.74) is 1.35. The third-order valence-electron chi connectivity index (χ3n) is 3.94. The van der Waals surface area contributed by atoms with E-state index < -0.39 is 11.6 Å². The van der Waals surface area contributed by atoms with Crippen molar-refractivity contribution in [3.63, 3.8) is 0 Å². The molecule has 2 aromatic carbocycles. The number of carbonyl (C=O) groups is 1. The van der Waals surface area contributed by atoms with Crippen LogP contribution in [0.3, 0.4) is 0 Å². The fourth-order valence-electron chi connectivity index (χ4n) is 2.66. The molecule has 6 heteroatoms. The van der Waals surface area contributed by atoms with Crippen LogP contribution in [0.25, 0.3) is 17.0 Å². The van der Waals surface area contributed by atoms with Gasteiger partial charge in [0.1, 0.15) is 29.0 Å². The van der Waals surface area contributed by atoms with E-state index in [2.05, 4.69) is 4.98 Å². The number of H-pyrrole nitrogens is 1. The smallest absolute Gasteiger partial charge is 0.205 e. The molecule has 0 saturated heterocycles. The topological polar surface area (TPSA) is 75.1 Å². The molecular weight excluding hydrogens is 335 g/mol. The van der Waals surface area contributed by atoms with Crippen molar-refractivity contribution in [3.8, 4) is 17.6 Å². The van der Waals surface area contributed by atoms with Gasteiger partial charge in [0, 0.05) is 28.7 Å². The predicted octanol–water partition coefficient (Wildman–Crippen LogP) is 4.11. The van der Waals surface area contributed by atoms with E-state index in [0.717, 1.165) is 0 Å². The first kappa shape index (κ1) is 17.2. The maximum Gasteiger partial charge on any atom is 0.205 e. The quantitative estimate of drug-likeness (QED) is 0.427. The van der Waals surface area contributed by atoms with Crippen molar-refractivity contribution in [1.82, 2.24) is 4.98 Å². The van der Waals surface area contributed by atoms with Gasteiger partial charge in [-0.05, 0) is 42.0 Å². The molecule has 3 aromatic rings. The number of allylic oxidation sites excluding steroid dienone is 1. The molecule has 1 heterocycles. The minimum absolute atomic E-state index is 0.0504. The van der Waals surface area contributed by atoms with Gasteiger partial charge in [0.2, 0.25) is 5.78 Å². The molecule has 0 amide bonds. The van der Waals surface area contributed by atoms with Gasteiger partial charge in [-0.1, -0.05) is 0 Å². The predicted molar refractivity (Wildman–Crippen MR) is 95.7 cm³/mol. The summed E-state index contributed by atoms with van der Waals surface area (Å²) in [6.07, 6.45) is 2.94. The molecular formula is C20H15FN2O3. The number of methoxy groups -OCH3 is 2. The lowest BCUT2D eigenvalue weighted by Crippen LogP contribution is -2.01. The maximum atomic E-state index is 13.3. The number of carbonyl (C=O) groups excluding carboxylic acids is 1. The maximum absolute atomic E-state index is 13.3. The summed E-state index contributed by atoms with van der Waals surface area (Å²) in [5.74, 6) is 0.232. The second-order valence-corrected chi connectivity index (χ2v) is 5.54. The molecule has 0 radical (unpaired) electrons. The van der Waals surface area contributed by atoms with Crippen molar-refractivity contribution in [1.29, 1.82) is 5.26 Å². The Morgan fingerprint density at radius 1 is 1.15 bits per heavy atom. The molecule has 0 saturated carbocycles. The number of nitrogens with zero attached hydrogens (tertiary/aromatic N) is 1. The fourth-order valence-corrected chi connectivity index (χ4v) is 2.66. The number of ether oxygens (including phenoxy) is 2. The van der Waals surface area contributed by atoms with Gasteiger partial charge < -0.3 is 14.5 Å². The van der Waals surface area contributed by atoms with Crippen LogP contribution in [0.5, 0.6) is 11.5 Å². The first-order valence-corrected chi connectivity index (χ1v) is 7.72. The Morgan fingerprint density at radius 2 is 1.85 bits per heavy atom. The van der Waals surface area contributed by atoms with E-state index in [0.29, 0.717) is 33.5 Å². The number of halogens is 1. The van der Waals surface area contributed by atoms with Gasteiger partial charge in [0.15, 0.2) is 0 Å². The molecule has 26 heavy (non-hydrogen) atoms. The number of ketones is 1. The van der Waals surface area contributed by atoms with Crippen LogP contribution in [-0.2, 0) is 0 Å². The van der Waals surface area contributed by atoms with Crippen molar-refractivity contribution in [2.24, 2.45) is 0 Å². The summed E-state index contributed by atoms with van der Waals surface area (Å²) in [6, 6.07) is 11.1. The van der Waals surface area contributed by atoms with Gasteiger partial charge in [-0.25, -0.2) is 4.39 Å². The van der Waals surface area contributed by atoms with Crippen LogP contribution in [0.15, 0.2) is 48.2 Å². The van der Waals surface area contributed by atoms with Crippen molar-refractivity contribution >= 4 is 22.8 Å². The Kier molecular flexibility index (Phi) is 4.72. The van der Waals surface area contributed by atoms with Gasteiger partial charge in [-0.3, -0.25) is 4.79 Å². The van der Waals surface area contributed by atoms with Crippen LogP contribution in [0.1, 0.15) is 15.9 Å². The fraction of sp³-hybridized carbons (Fsp3) is 0.100. The average Bonchev–Trinajstić information content (AvgIpc) is 3.08. The number of benzene rings is 2. The van der Waals surface area contributed by atoms with Crippen LogP contribution in [-0.4, -0.2) is 25.0 Å². The summed E-state index contributed by atoms with van der Waals surface area (Å²) in [7, 11) is 3.04. The van der Waals surface area contributed by atoms with Crippen LogP contribution < -0.4 is 9.47 Å². The highest BCUT2D eigenvalue weighted by Gasteiger charge is 2.17. The van der Waals surface area contributed by atoms with Crippen molar-refractivity contribution in [3.05, 3.63) is 65.1 Å². The Hall–Kier alpha value is -3.59.